The molecule has 1 atom stereocenters. The number of sulfonamides is 2. The fourth-order valence-corrected chi connectivity index (χ4v) is 9.22. The molecule has 4 aromatic carbocycles. The molecule has 0 spiro atoms. The number of para-hydroxylation sites is 1. The third kappa shape index (κ3) is 8.63. The van der Waals surface area contributed by atoms with Crippen molar-refractivity contribution in [1.82, 2.24) is 29.5 Å². The monoisotopic (exact) mass is 878 g/mol. The number of rotatable bonds is 12. The number of aryl methyl sites for hydroxylation is 1. The summed E-state index contributed by atoms with van der Waals surface area (Å²) in [6, 6.07) is 32.6. The standard InChI is InChI=1S/C45H41F3N8O4S2/c1-29(30-15-20-33(21-16-30)61(57,58)54-43-28-41(45(46,47)48)52-56(43)39-13-7-12-38-36(39)10-8-25-49-38)14-19-32-27-42(53-62(59,60)34-22-17-31(18-23-34)44(2,3)4)55(51-32)40-24-26-50-37-11-6-5-9-35(37)40/h5-13,15-18,20-29,53-54H,14,19H2,1-4H3. The topological polar surface area (TPSA) is 154 Å². The Bertz CT molecular complexity index is 3150. The number of anilines is 2. The van der Waals surface area contributed by atoms with Gasteiger partial charge in [0.15, 0.2) is 5.69 Å². The minimum atomic E-state index is -4.84. The number of hydrogen-bond donors (Lipinski definition) is 2. The summed E-state index contributed by atoms with van der Waals surface area (Å²) in [7, 11) is -8.41. The third-order valence-corrected chi connectivity index (χ3v) is 13.3. The zero-order chi connectivity index (χ0) is 44.0. The van der Waals surface area contributed by atoms with Gasteiger partial charge in [0.1, 0.15) is 11.6 Å². The number of aromatic nitrogens is 6. The maximum Gasteiger partial charge on any atom is 0.435 e. The van der Waals surface area contributed by atoms with Crippen molar-refractivity contribution in [1.29, 1.82) is 0 Å². The van der Waals surface area contributed by atoms with Gasteiger partial charge >= 0.3 is 6.18 Å². The number of pyridine rings is 2. The number of nitrogens with one attached hydrogen (secondary N) is 2. The van der Waals surface area contributed by atoms with Gasteiger partial charge in [0, 0.05) is 35.3 Å². The number of alkyl halides is 3. The maximum absolute atomic E-state index is 13.9. The zero-order valence-corrected chi connectivity index (χ0v) is 35.6. The second-order valence-electron chi connectivity index (χ2n) is 15.9. The van der Waals surface area contributed by atoms with Crippen molar-refractivity contribution in [2.75, 3.05) is 9.44 Å². The van der Waals surface area contributed by atoms with E-state index >= 15 is 0 Å². The lowest BCUT2D eigenvalue weighted by Gasteiger charge is -2.19. The van der Waals surface area contributed by atoms with Crippen LogP contribution in [-0.2, 0) is 38.1 Å². The Hall–Kier alpha value is -6.59. The van der Waals surface area contributed by atoms with Crippen LogP contribution in [0.1, 0.15) is 62.5 Å². The van der Waals surface area contributed by atoms with Crippen molar-refractivity contribution < 1.29 is 30.0 Å². The van der Waals surface area contributed by atoms with Crippen LogP contribution in [0, 0.1) is 0 Å². The normalized spacial score (nSPS) is 13.1. The van der Waals surface area contributed by atoms with E-state index in [0.29, 0.717) is 46.7 Å². The minimum Gasteiger partial charge on any atom is -0.263 e. The molecule has 0 aliphatic rings. The fourth-order valence-electron chi connectivity index (χ4n) is 7.16. The van der Waals surface area contributed by atoms with E-state index in [-0.39, 0.29) is 32.6 Å². The third-order valence-electron chi connectivity index (χ3n) is 10.6. The first-order chi connectivity index (χ1) is 29.4. The first kappa shape index (κ1) is 42.1. The van der Waals surface area contributed by atoms with E-state index in [1.165, 1.54) is 18.2 Å². The van der Waals surface area contributed by atoms with E-state index in [2.05, 4.69) is 45.3 Å². The van der Waals surface area contributed by atoms with Crippen molar-refractivity contribution in [2.24, 2.45) is 0 Å². The summed E-state index contributed by atoms with van der Waals surface area (Å²) in [4.78, 5) is 8.65. The molecule has 0 saturated carbocycles. The second-order valence-corrected chi connectivity index (χ2v) is 19.3. The summed E-state index contributed by atoms with van der Waals surface area (Å²) in [5.41, 5.74) is 3.03. The lowest BCUT2D eigenvalue weighted by Crippen LogP contribution is -2.17. The van der Waals surface area contributed by atoms with Gasteiger partial charge < -0.3 is 0 Å². The van der Waals surface area contributed by atoms with E-state index in [0.717, 1.165) is 21.2 Å². The van der Waals surface area contributed by atoms with Gasteiger partial charge in [-0.25, -0.2) is 26.2 Å². The second kappa shape index (κ2) is 16.0. The van der Waals surface area contributed by atoms with Gasteiger partial charge in [-0.05, 0) is 96.0 Å². The minimum absolute atomic E-state index is 0.104. The maximum atomic E-state index is 13.9. The molecule has 0 aliphatic heterocycles. The smallest absolute Gasteiger partial charge is 0.263 e. The predicted molar refractivity (Wildman–Crippen MR) is 233 cm³/mol. The molecule has 2 N–H and O–H groups in total. The van der Waals surface area contributed by atoms with Gasteiger partial charge in [-0.15, -0.1) is 0 Å². The van der Waals surface area contributed by atoms with Crippen LogP contribution in [0.25, 0.3) is 33.2 Å². The number of fused-ring (bicyclic) bond motifs is 2. The molecule has 0 aliphatic carbocycles. The van der Waals surface area contributed by atoms with E-state index < -0.39 is 37.7 Å². The average molecular weight is 879 g/mol. The van der Waals surface area contributed by atoms with Crippen molar-refractivity contribution in [3.05, 3.63) is 156 Å². The zero-order valence-electron chi connectivity index (χ0n) is 34.0. The Balaban J connectivity index is 1.03. The fraction of sp³-hybridized carbons (Fsp3) is 0.200. The summed E-state index contributed by atoms with van der Waals surface area (Å²) in [5, 5.41) is 9.84. The molecule has 8 rings (SSSR count). The molecule has 62 heavy (non-hydrogen) atoms. The molecule has 8 aromatic rings. The summed E-state index contributed by atoms with van der Waals surface area (Å²) >= 11 is 0. The molecule has 4 aromatic heterocycles. The van der Waals surface area contributed by atoms with Crippen LogP contribution in [0.5, 0.6) is 0 Å². The summed E-state index contributed by atoms with van der Waals surface area (Å²) in [6.45, 7) is 8.13. The van der Waals surface area contributed by atoms with Gasteiger partial charge in [-0.3, -0.25) is 19.4 Å². The van der Waals surface area contributed by atoms with Crippen molar-refractivity contribution in [3.8, 4) is 11.4 Å². The average Bonchev–Trinajstić information content (AvgIpc) is 3.85. The largest absolute Gasteiger partial charge is 0.435 e. The van der Waals surface area contributed by atoms with E-state index in [1.807, 2.05) is 43.3 Å². The van der Waals surface area contributed by atoms with E-state index in [4.69, 9.17) is 5.10 Å². The molecule has 0 bridgehead atoms. The molecule has 4 heterocycles. The number of hydrogen-bond acceptors (Lipinski definition) is 8. The van der Waals surface area contributed by atoms with Gasteiger partial charge in [-0.2, -0.15) is 23.4 Å². The molecule has 318 valence electrons. The van der Waals surface area contributed by atoms with Crippen LogP contribution in [0.3, 0.4) is 0 Å². The molecule has 0 radical (unpaired) electrons. The van der Waals surface area contributed by atoms with Crippen molar-refractivity contribution >= 4 is 53.5 Å². The highest BCUT2D eigenvalue weighted by Crippen LogP contribution is 2.34. The Morgan fingerprint density at radius 2 is 1.18 bits per heavy atom. The first-order valence-corrected chi connectivity index (χ1v) is 22.5. The molecular weight excluding hydrogens is 838 g/mol. The van der Waals surface area contributed by atoms with Crippen LogP contribution < -0.4 is 9.44 Å². The highest BCUT2D eigenvalue weighted by molar-refractivity contribution is 7.93. The van der Waals surface area contributed by atoms with Crippen LogP contribution >= 0.6 is 0 Å². The Kier molecular flexibility index (Phi) is 10.9. The molecular formula is C45H41F3N8O4S2. The lowest BCUT2D eigenvalue weighted by molar-refractivity contribution is -0.141. The van der Waals surface area contributed by atoms with Gasteiger partial charge in [0.25, 0.3) is 20.0 Å². The molecule has 12 nitrogen and oxygen atoms in total. The van der Waals surface area contributed by atoms with Crippen LogP contribution in [0.2, 0.25) is 0 Å². The molecule has 17 heteroatoms. The van der Waals surface area contributed by atoms with Gasteiger partial charge in [0.05, 0.1) is 37.9 Å². The molecule has 0 saturated heterocycles. The van der Waals surface area contributed by atoms with Gasteiger partial charge in [-0.1, -0.05) is 76.2 Å². The summed E-state index contributed by atoms with van der Waals surface area (Å²) in [6.07, 6.45) is -0.671. The lowest BCUT2D eigenvalue weighted by atomic mass is 9.87. The molecule has 0 fully saturated rings. The summed E-state index contributed by atoms with van der Waals surface area (Å²) in [5.74, 6) is -0.263. The number of halogens is 3. The van der Waals surface area contributed by atoms with Crippen LogP contribution in [0.15, 0.2) is 144 Å². The predicted octanol–water partition coefficient (Wildman–Crippen LogP) is 9.81. The molecule has 1 unspecified atom stereocenters. The van der Waals surface area contributed by atoms with Crippen LogP contribution in [0.4, 0.5) is 24.8 Å². The highest BCUT2D eigenvalue weighted by Gasteiger charge is 2.36. The first-order valence-electron chi connectivity index (χ1n) is 19.6. The van der Waals surface area contributed by atoms with Crippen molar-refractivity contribution in [3.63, 3.8) is 0 Å². The highest BCUT2D eigenvalue weighted by atomic mass is 32.2. The Labute approximate surface area is 356 Å². The number of nitrogens with zero attached hydrogens (tertiary/aromatic N) is 6. The molecule has 0 amide bonds. The summed E-state index contributed by atoms with van der Waals surface area (Å²) < 4.78 is 104. The van der Waals surface area contributed by atoms with Crippen LogP contribution in [-0.4, -0.2) is 46.4 Å². The quantitative estimate of drug-likeness (QED) is 0.123. The SMILES string of the molecule is CC(CCc1cc(NS(=O)(=O)c2ccc(C(C)(C)C)cc2)n(-c2ccnc3ccccc23)n1)c1ccc(S(=O)(=O)Nc2cc(C(F)(F)F)nn2-c2cccc3ncccc23)cc1. The Morgan fingerprint density at radius 1 is 0.629 bits per heavy atom. The van der Waals surface area contributed by atoms with Gasteiger partial charge in [0.2, 0.25) is 0 Å². The Morgan fingerprint density at radius 3 is 1.82 bits per heavy atom. The van der Waals surface area contributed by atoms with Crippen molar-refractivity contribution in [2.45, 2.75) is 67.8 Å². The van der Waals surface area contributed by atoms with E-state index in [9.17, 15) is 30.0 Å². The number of benzene rings is 4. The van der Waals surface area contributed by atoms with E-state index in [1.54, 1.807) is 77.7 Å².